The molecule has 0 aromatic heterocycles. The van der Waals surface area contributed by atoms with Crippen LogP contribution in [0.3, 0.4) is 0 Å². The highest BCUT2D eigenvalue weighted by molar-refractivity contribution is 5.77. The highest BCUT2D eigenvalue weighted by atomic mass is 16.5. The molecule has 0 unspecified atom stereocenters. The third kappa shape index (κ3) is 3.59. The van der Waals surface area contributed by atoms with Gasteiger partial charge in [0.15, 0.2) is 5.96 Å². The van der Waals surface area contributed by atoms with Gasteiger partial charge in [0.1, 0.15) is 0 Å². The molecule has 1 aromatic rings. The van der Waals surface area contributed by atoms with Crippen molar-refractivity contribution in [2.24, 2.45) is 10.7 Å². The van der Waals surface area contributed by atoms with Gasteiger partial charge < -0.3 is 15.8 Å². The quantitative estimate of drug-likeness (QED) is 0.569. The van der Waals surface area contributed by atoms with E-state index in [1.54, 1.807) is 14.2 Å². The number of nitrogens with one attached hydrogen (secondary N) is 1. The summed E-state index contributed by atoms with van der Waals surface area (Å²) < 4.78 is 5.11. The number of nitrogens with two attached hydrogens (primary N) is 1. The van der Waals surface area contributed by atoms with Gasteiger partial charge in [-0.3, -0.25) is 4.99 Å². The average Bonchev–Trinajstić information content (AvgIpc) is 2.28. The maximum Gasteiger partial charge on any atom is 0.188 e. The minimum Gasteiger partial charge on any atom is -0.380 e. The van der Waals surface area contributed by atoms with Crippen molar-refractivity contribution >= 4 is 5.96 Å². The molecule has 0 saturated carbocycles. The van der Waals surface area contributed by atoms with Gasteiger partial charge in [-0.15, -0.1) is 0 Å². The number of guanidine groups is 1. The molecule has 82 valence electrons. The molecule has 15 heavy (non-hydrogen) atoms. The van der Waals surface area contributed by atoms with Gasteiger partial charge in [-0.1, -0.05) is 24.3 Å². The van der Waals surface area contributed by atoms with Crippen molar-refractivity contribution in [1.82, 2.24) is 5.32 Å². The SMILES string of the molecule is CN=C(N)NCc1ccccc1COC. The van der Waals surface area contributed by atoms with Crippen LogP contribution >= 0.6 is 0 Å². The van der Waals surface area contributed by atoms with E-state index in [0.29, 0.717) is 19.1 Å². The standard InChI is InChI=1S/C11H17N3O/c1-13-11(12)14-7-9-5-3-4-6-10(9)8-15-2/h3-6H,7-8H2,1-2H3,(H3,12,13,14). The summed E-state index contributed by atoms with van der Waals surface area (Å²) in [5.41, 5.74) is 7.89. The third-order valence-electron chi connectivity index (χ3n) is 2.12. The summed E-state index contributed by atoms with van der Waals surface area (Å²) in [5, 5.41) is 3.02. The van der Waals surface area contributed by atoms with Crippen molar-refractivity contribution in [2.45, 2.75) is 13.2 Å². The van der Waals surface area contributed by atoms with E-state index in [9.17, 15) is 0 Å². The van der Waals surface area contributed by atoms with Crippen LogP contribution in [0.1, 0.15) is 11.1 Å². The molecule has 0 amide bonds. The second kappa shape index (κ2) is 6.03. The van der Waals surface area contributed by atoms with Gasteiger partial charge >= 0.3 is 0 Å². The highest BCUT2D eigenvalue weighted by Gasteiger charge is 2.00. The molecule has 0 saturated heterocycles. The first-order valence-corrected chi connectivity index (χ1v) is 4.79. The first-order valence-electron chi connectivity index (χ1n) is 4.79. The lowest BCUT2D eigenvalue weighted by molar-refractivity contribution is 0.184. The molecule has 0 spiro atoms. The van der Waals surface area contributed by atoms with Crippen LogP contribution in [-0.4, -0.2) is 20.1 Å². The van der Waals surface area contributed by atoms with Crippen LogP contribution in [0.25, 0.3) is 0 Å². The molecule has 4 heteroatoms. The zero-order valence-electron chi connectivity index (χ0n) is 9.16. The van der Waals surface area contributed by atoms with Gasteiger partial charge in [0.05, 0.1) is 6.61 Å². The first-order chi connectivity index (χ1) is 7.27. The van der Waals surface area contributed by atoms with Gasteiger partial charge in [0, 0.05) is 20.7 Å². The third-order valence-corrected chi connectivity index (χ3v) is 2.12. The van der Waals surface area contributed by atoms with E-state index < -0.39 is 0 Å². The van der Waals surface area contributed by atoms with E-state index >= 15 is 0 Å². The molecule has 1 aromatic carbocycles. The summed E-state index contributed by atoms with van der Waals surface area (Å²) in [6.07, 6.45) is 0. The summed E-state index contributed by atoms with van der Waals surface area (Å²) in [7, 11) is 3.34. The van der Waals surface area contributed by atoms with Crippen LogP contribution in [-0.2, 0) is 17.9 Å². The highest BCUT2D eigenvalue weighted by Crippen LogP contribution is 2.09. The van der Waals surface area contributed by atoms with E-state index in [1.165, 1.54) is 5.56 Å². The molecular formula is C11H17N3O. The van der Waals surface area contributed by atoms with E-state index in [2.05, 4.69) is 10.3 Å². The fraction of sp³-hybridized carbons (Fsp3) is 0.364. The smallest absolute Gasteiger partial charge is 0.188 e. The minimum absolute atomic E-state index is 0.446. The zero-order valence-corrected chi connectivity index (χ0v) is 9.16. The summed E-state index contributed by atoms with van der Waals surface area (Å²) in [5.74, 6) is 0.446. The van der Waals surface area contributed by atoms with Crippen LogP contribution < -0.4 is 11.1 Å². The predicted octanol–water partition coefficient (Wildman–Crippen LogP) is 0.867. The number of nitrogens with zero attached hydrogens (tertiary/aromatic N) is 1. The number of rotatable bonds is 4. The maximum absolute atomic E-state index is 5.55. The molecule has 0 fully saturated rings. The Morgan fingerprint density at radius 1 is 1.40 bits per heavy atom. The molecule has 3 N–H and O–H groups in total. The minimum atomic E-state index is 0.446. The Morgan fingerprint density at radius 3 is 2.67 bits per heavy atom. The van der Waals surface area contributed by atoms with Gasteiger partial charge in [-0.05, 0) is 11.1 Å². The van der Waals surface area contributed by atoms with E-state index in [1.807, 2.05) is 24.3 Å². The monoisotopic (exact) mass is 207 g/mol. The van der Waals surface area contributed by atoms with Crippen LogP contribution in [0.5, 0.6) is 0 Å². The summed E-state index contributed by atoms with van der Waals surface area (Å²) in [6.45, 7) is 1.28. The molecule has 4 nitrogen and oxygen atoms in total. The van der Waals surface area contributed by atoms with E-state index in [0.717, 1.165) is 5.56 Å². The van der Waals surface area contributed by atoms with E-state index in [-0.39, 0.29) is 0 Å². The second-order valence-corrected chi connectivity index (χ2v) is 3.16. The van der Waals surface area contributed by atoms with Crippen molar-refractivity contribution in [3.05, 3.63) is 35.4 Å². The number of methoxy groups -OCH3 is 1. The lowest BCUT2D eigenvalue weighted by atomic mass is 10.1. The topological polar surface area (TPSA) is 59.6 Å². The Kier molecular flexibility index (Phi) is 4.63. The van der Waals surface area contributed by atoms with Gasteiger partial charge in [-0.2, -0.15) is 0 Å². The Hall–Kier alpha value is -1.55. The molecule has 1 rings (SSSR count). The molecule has 0 bridgehead atoms. The zero-order chi connectivity index (χ0) is 11.1. The lowest BCUT2D eigenvalue weighted by Gasteiger charge is -2.09. The largest absolute Gasteiger partial charge is 0.380 e. The van der Waals surface area contributed by atoms with E-state index in [4.69, 9.17) is 10.5 Å². The first kappa shape index (κ1) is 11.5. The Morgan fingerprint density at radius 2 is 2.07 bits per heavy atom. The van der Waals surface area contributed by atoms with Gasteiger partial charge in [0.25, 0.3) is 0 Å². The van der Waals surface area contributed by atoms with Crippen molar-refractivity contribution in [1.29, 1.82) is 0 Å². The van der Waals surface area contributed by atoms with Crippen LogP contribution in [0, 0.1) is 0 Å². The van der Waals surface area contributed by atoms with Crippen molar-refractivity contribution in [3.8, 4) is 0 Å². The van der Waals surface area contributed by atoms with Crippen LogP contribution in [0.2, 0.25) is 0 Å². The molecule has 0 aliphatic heterocycles. The molecule has 0 aliphatic carbocycles. The predicted molar refractivity (Wildman–Crippen MR) is 61.5 cm³/mol. The van der Waals surface area contributed by atoms with Crippen molar-refractivity contribution in [2.75, 3.05) is 14.2 Å². The lowest BCUT2D eigenvalue weighted by Crippen LogP contribution is -2.31. The number of ether oxygens (including phenoxy) is 1. The summed E-state index contributed by atoms with van der Waals surface area (Å²) in [4.78, 5) is 3.83. The molecule has 0 aliphatic rings. The van der Waals surface area contributed by atoms with Crippen LogP contribution in [0.4, 0.5) is 0 Å². The molecular weight excluding hydrogens is 190 g/mol. The van der Waals surface area contributed by atoms with Crippen molar-refractivity contribution < 1.29 is 4.74 Å². The van der Waals surface area contributed by atoms with Crippen LogP contribution in [0.15, 0.2) is 29.3 Å². The number of hydrogen-bond acceptors (Lipinski definition) is 2. The summed E-state index contributed by atoms with van der Waals surface area (Å²) in [6, 6.07) is 8.08. The Balaban J connectivity index is 2.66. The second-order valence-electron chi connectivity index (χ2n) is 3.16. The number of aliphatic imine (C=N–C) groups is 1. The fourth-order valence-corrected chi connectivity index (χ4v) is 1.29. The number of hydrogen-bond donors (Lipinski definition) is 2. The molecule has 0 heterocycles. The number of benzene rings is 1. The summed E-state index contributed by atoms with van der Waals surface area (Å²) >= 11 is 0. The average molecular weight is 207 g/mol. The maximum atomic E-state index is 5.55. The van der Waals surface area contributed by atoms with Crippen molar-refractivity contribution in [3.63, 3.8) is 0 Å². The Bertz CT molecular complexity index is 336. The normalized spacial score (nSPS) is 11.5. The Labute approximate surface area is 90.2 Å². The van der Waals surface area contributed by atoms with Gasteiger partial charge in [0.2, 0.25) is 0 Å². The fourth-order valence-electron chi connectivity index (χ4n) is 1.29. The molecule has 0 radical (unpaired) electrons. The van der Waals surface area contributed by atoms with Gasteiger partial charge in [-0.25, -0.2) is 0 Å². The molecule has 0 atom stereocenters.